The molecule has 2 N–H and O–H groups in total. The van der Waals surface area contributed by atoms with E-state index in [0.717, 1.165) is 11.1 Å². The number of carbonyl (C=O) groups is 2. The van der Waals surface area contributed by atoms with Gasteiger partial charge in [0.15, 0.2) is 0 Å². The maximum atomic E-state index is 12.2. The van der Waals surface area contributed by atoms with Crippen LogP contribution in [-0.2, 0) is 4.79 Å². The van der Waals surface area contributed by atoms with Crippen molar-refractivity contribution in [2.24, 2.45) is 0 Å². The molecular formula is C22H24N4O3. The molecule has 3 aromatic rings. The van der Waals surface area contributed by atoms with Crippen LogP contribution in [0.3, 0.4) is 0 Å². The topological polar surface area (TPSA) is 97.1 Å². The first-order chi connectivity index (χ1) is 13.7. The zero-order chi connectivity index (χ0) is 21.0. The van der Waals surface area contributed by atoms with Crippen molar-refractivity contribution in [1.82, 2.24) is 20.8 Å². The lowest BCUT2D eigenvalue weighted by Gasteiger charge is -2.20. The molecule has 0 unspecified atom stereocenters. The van der Waals surface area contributed by atoms with Crippen LogP contribution in [-0.4, -0.2) is 34.1 Å². The first-order valence-electron chi connectivity index (χ1n) is 9.32. The fourth-order valence-electron chi connectivity index (χ4n) is 2.75. The lowest BCUT2D eigenvalue weighted by molar-refractivity contribution is -0.121. The molecule has 0 spiro atoms. The summed E-state index contributed by atoms with van der Waals surface area (Å²) in [6, 6.07) is 14.6. The van der Waals surface area contributed by atoms with E-state index in [9.17, 15) is 9.59 Å². The summed E-state index contributed by atoms with van der Waals surface area (Å²) in [5.74, 6) is 0.258. The van der Waals surface area contributed by atoms with Crippen LogP contribution in [0.4, 0.5) is 0 Å². The lowest BCUT2D eigenvalue weighted by Crippen LogP contribution is -2.45. The summed E-state index contributed by atoms with van der Waals surface area (Å²) in [4.78, 5) is 24.1. The summed E-state index contributed by atoms with van der Waals surface area (Å²) in [5.41, 5.74) is 2.74. The summed E-state index contributed by atoms with van der Waals surface area (Å²) in [7, 11) is 0. The monoisotopic (exact) mass is 392 g/mol. The van der Waals surface area contributed by atoms with E-state index < -0.39 is 0 Å². The number of amides is 2. The van der Waals surface area contributed by atoms with Gasteiger partial charge >= 0.3 is 0 Å². The third-order valence-electron chi connectivity index (χ3n) is 4.12. The van der Waals surface area contributed by atoms with Crippen molar-refractivity contribution in [3.63, 3.8) is 0 Å². The second-order valence-corrected chi connectivity index (χ2v) is 7.79. The Morgan fingerprint density at radius 1 is 0.966 bits per heavy atom. The van der Waals surface area contributed by atoms with Gasteiger partial charge in [-0.2, -0.15) is 0 Å². The third-order valence-corrected chi connectivity index (χ3v) is 4.12. The number of benzene rings is 2. The van der Waals surface area contributed by atoms with E-state index in [1.54, 1.807) is 24.3 Å². The Morgan fingerprint density at radius 2 is 1.62 bits per heavy atom. The van der Waals surface area contributed by atoms with Crippen LogP contribution in [0.5, 0.6) is 0 Å². The summed E-state index contributed by atoms with van der Waals surface area (Å²) in [6.45, 7) is 7.55. The van der Waals surface area contributed by atoms with Gasteiger partial charge in [0, 0.05) is 22.2 Å². The molecule has 1 heterocycles. The number of hydrogen-bond donors (Lipinski definition) is 2. The van der Waals surface area contributed by atoms with Crippen molar-refractivity contribution in [2.75, 3.05) is 6.54 Å². The van der Waals surface area contributed by atoms with Gasteiger partial charge in [-0.15, -0.1) is 10.2 Å². The van der Waals surface area contributed by atoms with Crippen LogP contribution in [0, 0.1) is 6.92 Å². The zero-order valence-electron chi connectivity index (χ0n) is 16.9. The second kappa shape index (κ2) is 8.26. The van der Waals surface area contributed by atoms with E-state index in [0.29, 0.717) is 22.9 Å². The largest absolute Gasteiger partial charge is 0.416 e. The standard InChI is InChI=1S/C22H24N4O3/c1-14-7-5-6-8-17(14)21-26-25-20(29-21)16-11-9-15(10-12-16)19(28)23-13-18(27)24-22(2,3)4/h5-12H,13H2,1-4H3,(H,23,28)(H,24,27). The molecule has 7 nitrogen and oxygen atoms in total. The molecule has 0 atom stereocenters. The van der Waals surface area contributed by atoms with Crippen LogP contribution in [0.15, 0.2) is 52.9 Å². The molecule has 7 heteroatoms. The predicted molar refractivity (Wildman–Crippen MR) is 110 cm³/mol. The predicted octanol–water partition coefficient (Wildman–Crippen LogP) is 3.36. The van der Waals surface area contributed by atoms with Crippen LogP contribution in [0.1, 0.15) is 36.7 Å². The molecule has 2 amide bonds. The first kappa shape index (κ1) is 20.3. The minimum absolute atomic E-state index is 0.0820. The van der Waals surface area contributed by atoms with Crippen molar-refractivity contribution in [1.29, 1.82) is 0 Å². The van der Waals surface area contributed by atoms with Crippen LogP contribution in [0.2, 0.25) is 0 Å². The molecule has 0 bridgehead atoms. The van der Waals surface area contributed by atoms with Gasteiger partial charge < -0.3 is 15.1 Å². The molecule has 1 aromatic heterocycles. The smallest absolute Gasteiger partial charge is 0.251 e. The number of aromatic nitrogens is 2. The highest BCUT2D eigenvalue weighted by Gasteiger charge is 2.16. The Bertz CT molecular complexity index is 1020. The van der Waals surface area contributed by atoms with Gasteiger partial charge in [-0.05, 0) is 63.6 Å². The van der Waals surface area contributed by atoms with E-state index in [2.05, 4.69) is 20.8 Å². The van der Waals surface area contributed by atoms with Crippen molar-refractivity contribution >= 4 is 11.8 Å². The van der Waals surface area contributed by atoms with E-state index in [4.69, 9.17) is 4.42 Å². The van der Waals surface area contributed by atoms with Crippen LogP contribution < -0.4 is 10.6 Å². The molecule has 0 saturated carbocycles. The molecule has 0 saturated heterocycles. The SMILES string of the molecule is Cc1ccccc1-c1nnc(-c2ccc(C(=O)NCC(=O)NC(C)(C)C)cc2)o1. The molecule has 2 aromatic carbocycles. The molecule has 29 heavy (non-hydrogen) atoms. The normalized spacial score (nSPS) is 11.2. The highest BCUT2D eigenvalue weighted by Crippen LogP contribution is 2.26. The molecule has 0 fully saturated rings. The number of aryl methyl sites for hydroxylation is 1. The molecule has 0 aliphatic rings. The van der Waals surface area contributed by atoms with E-state index in [-0.39, 0.29) is 23.9 Å². The maximum Gasteiger partial charge on any atom is 0.251 e. The summed E-state index contributed by atoms with van der Waals surface area (Å²) in [5, 5.41) is 13.6. The number of nitrogens with zero attached hydrogens (tertiary/aromatic N) is 2. The van der Waals surface area contributed by atoms with E-state index in [1.165, 1.54) is 0 Å². The third kappa shape index (κ3) is 5.28. The Hall–Kier alpha value is -3.48. The first-order valence-corrected chi connectivity index (χ1v) is 9.32. The van der Waals surface area contributed by atoms with Gasteiger partial charge in [-0.25, -0.2) is 0 Å². The van der Waals surface area contributed by atoms with Crippen molar-refractivity contribution in [3.8, 4) is 22.9 Å². The average Bonchev–Trinajstić information content (AvgIpc) is 3.15. The Kier molecular flexibility index (Phi) is 5.77. The van der Waals surface area contributed by atoms with Gasteiger partial charge in [0.25, 0.3) is 5.91 Å². The minimum Gasteiger partial charge on any atom is -0.416 e. The summed E-state index contributed by atoms with van der Waals surface area (Å²) < 4.78 is 5.79. The summed E-state index contributed by atoms with van der Waals surface area (Å²) >= 11 is 0. The van der Waals surface area contributed by atoms with Crippen molar-refractivity contribution in [2.45, 2.75) is 33.2 Å². The van der Waals surface area contributed by atoms with Gasteiger partial charge in [0.2, 0.25) is 17.7 Å². The highest BCUT2D eigenvalue weighted by molar-refractivity contribution is 5.96. The fourth-order valence-corrected chi connectivity index (χ4v) is 2.75. The van der Waals surface area contributed by atoms with Gasteiger partial charge in [0.05, 0.1) is 6.54 Å². The van der Waals surface area contributed by atoms with Gasteiger partial charge in [-0.1, -0.05) is 18.2 Å². The number of hydrogen-bond acceptors (Lipinski definition) is 5. The zero-order valence-corrected chi connectivity index (χ0v) is 16.9. The van der Waals surface area contributed by atoms with Gasteiger partial charge in [-0.3, -0.25) is 9.59 Å². The summed E-state index contributed by atoms with van der Waals surface area (Å²) in [6.07, 6.45) is 0. The Labute approximate surface area is 169 Å². The number of carbonyl (C=O) groups excluding carboxylic acids is 2. The average molecular weight is 392 g/mol. The van der Waals surface area contributed by atoms with Crippen LogP contribution >= 0.6 is 0 Å². The molecule has 3 rings (SSSR count). The lowest BCUT2D eigenvalue weighted by atomic mass is 10.1. The van der Waals surface area contributed by atoms with Gasteiger partial charge in [0.1, 0.15) is 0 Å². The number of rotatable bonds is 5. The molecule has 0 aliphatic heterocycles. The second-order valence-electron chi connectivity index (χ2n) is 7.79. The Morgan fingerprint density at radius 3 is 2.28 bits per heavy atom. The fraction of sp³-hybridized carbons (Fsp3) is 0.273. The van der Waals surface area contributed by atoms with Crippen molar-refractivity contribution in [3.05, 3.63) is 59.7 Å². The Balaban J connectivity index is 1.65. The van der Waals surface area contributed by atoms with Crippen molar-refractivity contribution < 1.29 is 14.0 Å². The maximum absolute atomic E-state index is 12.2. The number of nitrogens with one attached hydrogen (secondary N) is 2. The minimum atomic E-state index is -0.343. The molecule has 0 aliphatic carbocycles. The molecule has 150 valence electrons. The molecule has 0 radical (unpaired) electrons. The van der Waals surface area contributed by atoms with Crippen LogP contribution in [0.25, 0.3) is 22.9 Å². The van der Waals surface area contributed by atoms with E-state index in [1.807, 2.05) is 52.0 Å². The highest BCUT2D eigenvalue weighted by atomic mass is 16.4. The quantitative estimate of drug-likeness (QED) is 0.694. The van der Waals surface area contributed by atoms with E-state index >= 15 is 0 Å². The molecular weight excluding hydrogens is 368 g/mol.